The second-order valence-corrected chi connectivity index (χ2v) is 5.60. The van der Waals surface area contributed by atoms with Crippen LogP contribution in [0.25, 0.3) is 0 Å². The number of alkyl halides is 1. The van der Waals surface area contributed by atoms with Crippen molar-refractivity contribution >= 4 is 21.7 Å². The first-order valence-electron chi connectivity index (χ1n) is 5.48. The highest BCUT2D eigenvalue weighted by Crippen LogP contribution is 2.26. The Morgan fingerprint density at radius 1 is 1.47 bits per heavy atom. The van der Waals surface area contributed by atoms with Gasteiger partial charge in [0.05, 0.1) is 0 Å². The Bertz CT molecular complexity index is 323. The van der Waals surface area contributed by atoms with Gasteiger partial charge in [0.1, 0.15) is 5.82 Å². The molecule has 0 saturated carbocycles. The average molecular weight is 269 g/mol. The summed E-state index contributed by atoms with van der Waals surface area (Å²) < 4.78 is 0. The van der Waals surface area contributed by atoms with E-state index in [2.05, 4.69) is 51.8 Å². The molecule has 2 rings (SSSR count). The highest BCUT2D eigenvalue weighted by Gasteiger charge is 2.24. The molecule has 2 heterocycles. The number of anilines is 1. The lowest BCUT2D eigenvalue weighted by molar-refractivity contribution is 0.464. The topological polar surface area (TPSA) is 16.1 Å². The zero-order valence-electron chi connectivity index (χ0n) is 9.28. The van der Waals surface area contributed by atoms with Crippen molar-refractivity contribution < 1.29 is 0 Å². The van der Waals surface area contributed by atoms with E-state index in [1.54, 1.807) is 0 Å². The van der Waals surface area contributed by atoms with Gasteiger partial charge in [0.15, 0.2) is 0 Å². The molecule has 1 fully saturated rings. The molecule has 0 aromatic carbocycles. The Kier molecular flexibility index (Phi) is 3.29. The standard InChI is InChI=1S/C12H17BrN2/c1-9-3-4-12(14-7-9)15-6-5-11(13)10(2)8-15/h3-4,7,10-11H,5-6,8H2,1-2H3. The minimum absolute atomic E-state index is 0.666. The highest BCUT2D eigenvalue weighted by molar-refractivity contribution is 9.09. The molecule has 2 unspecified atom stereocenters. The SMILES string of the molecule is Cc1ccc(N2CCC(Br)C(C)C2)nc1. The van der Waals surface area contributed by atoms with Gasteiger partial charge in [-0.25, -0.2) is 4.98 Å². The number of nitrogens with zero attached hydrogens (tertiary/aromatic N) is 2. The summed E-state index contributed by atoms with van der Waals surface area (Å²) in [5.41, 5.74) is 1.22. The number of halogens is 1. The van der Waals surface area contributed by atoms with Crippen molar-refractivity contribution in [2.45, 2.75) is 25.1 Å². The maximum Gasteiger partial charge on any atom is 0.128 e. The number of hydrogen-bond donors (Lipinski definition) is 0. The fraction of sp³-hybridized carbons (Fsp3) is 0.583. The fourth-order valence-electron chi connectivity index (χ4n) is 1.97. The third-order valence-electron chi connectivity index (χ3n) is 3.02. The lowest BCUT2D eigenvalue weighted by atomic mass is 10.0. The molecule has 82 valence electrons. The lowest BCUT2D eigenvalue weighted by Gasteiger charge is -2.35. The number of aromatic nitrogens is 1. The molecule has 15 heavy (non-hydrogen) atoms. The summed E-state index contributed by atoms with van der Waals surface area (Å²) in [7, 11) is 0. The molecule has 3 heteroatoms. The van der Waals surface area contributed by atoms with E-state index in [4.69, 9.17) is 0 Å². The summed E-state index contributed by atoms with van der Waals surface area (Å²) in [6, 6.07) is 4.25. The van der Waals surface area contributed by atoms with Gasteiger partial charge in [-0.05, 0) is 30.9 Å². The molecule has 0 amide bonds. The van der Waals surface area contributed by atoms with Gasteiger partial charge in [-0.1, -0.05) is 28.9 Å². The monoisotopic (exact) mass is 268 g/mol. The quantitative estimate of drug-likeness (QED) is 0.728. The van der Waals surface area contributed by atoms with Crippen molar-refractivity contribution in [3.8, 4) is 0 Å². The number of piperidine rings is 1. The van der Waals surface area contributed by atoms with Crippen molar-refractivity contribution in [1.29, 1.82) is 0 Å². The van der Waals surface area contributed by atoms with E-state index in [1.807, 2.05) is 6.20 Å². The zero-order valence-corrected chi connectivity index (χ0v) is 10.9. The Labute approximate surface area is 99.8 Å². The number of hydrogen-bond acceptors (Lipinski definition) is 2. The van der Waals surface area contributed by atoms with Crippen molar-refractivity contribution in [1.82, 2.24) is 4.98 Å². The van der Waals surface area contributed by atoms with Crippen LogP contribution in [0.3, 0.4) is 0 Å². The third kappa shape index (κ3) is 2.51. The van der Waals surface area contributed by atoms with Crippen molar-refractivity contribution in [2.75, 3.05) is 18.0 Å². The van der Waals surface area contributed by atoms with E-state index < -0.39 is 0 Å². The van der Waals surface area contributed by atoms with Gasteiger partial charge in [-0.2, -0.15) is 0 Å². The number of pyridine rings is 1. The molecule has 2 nitrogen and oxygen atoms in total. The molecule has 0 bridgehead atoms. The van der Waals surface area contributed by atoms with E-state index in [0.29, 0.717) is 10.7 Å². The second kappa shape index (κ2) is 4.52. The molecule has 1 aliphatic rings. The van der Waals surface area contributed by atoms with Crippen LogP contribution in [-0.4, -0.2) is 22.9 Å². The predicted octanol–water partition coefficient (Wildman–Crippen LogP) is 3.00. The van der Waals surface area contributed by atoms with E-state index >= 15 is 0 Å². The smallest absolute Gasteiger partial charge is 0.128 e. The Balaban J connectivity index is 2.08. The summed E-state index contributed by atoms with van der Waals surface area (Å²) in [5.74, 6) is 1.81. The summed E-state index contributed by atoms with van der Waals surface area (Å²) in [6.45, 7) is 6.58. The second-order valence-electron chi connectivity index (χ2n) is 4.42. The van der Waals surface area contributed by atoms with Gasteiger partial charge in [-0.3, -0.25) is 0 Å². The Morgan fingerprint density at radius 2 is 2.27 bits per heavy atom. The van der Waals surface area contributed by atoms with Crippen LogP contribution in [0, 0.1) is 12.8 Å². The van der Waals surface area contributed by atoms with Gasteiger partial charge in [0.2, 0.25) is 0 Å². The Hall–Kier alpha value is -0.570. The lowest BCUT2D eigenvalue weighted by Crippen LogP contribution is -2.40. The van der Waals surface area contributed by atoms with Crippen LogP contribution in [-0.2, 0) is 0 Å². The molecule has 1 aromatic rings. The molecular weight excluding hydrogens is 252 g/mol. The largest absolute Gasteiger partial charge is 0.356 e. The van der Waals surface area contributed by atoms with Crippen LogP contribution in [0.1, 0.15) is 18.9 Å². The van der Waals surface area contributed by atoms with Crippen molar-refractivity contribution in [3.63, 3.8) is 0 Å². The van der Waals surface area contributed by atoms with Gasteiger partial charge in [-0.15, -0.1) is 0 Å². The van der Waals surface area contributed by atoms with Gasteiger partial charge in [0.25, 0.3) is 0 Å². The van der Waals surface area contributed by atoms with E-state index in [-0.39, 0.29) is 0 Å². The van der Waals surface area contributed by atoms with Gasteiger partial charge < -0.3 is 4.90 Å². The van der Waals surface area contributed by atoms with Crippen LogP contribution in [0.4, 0.5) is 5.82 Å². The summed E-state index contributed by atoms with van der Waals surface area (Å²) in [5, 5.41) is 0. The number of aryl methyl sites for hydroxylation is 1. The van der Waals surface area contributed by atoms with Crippen molar-refractivity contribution in [3.05, 3.63) is 23.9 Å². The molecule has 1 aromatic heterocycles. The van der Waals surface area contributed by atoms with Crippen LogP contribution < -0.4 is 4.90 Å². The summed E-state index contributed by atoms with van der Waals surface area (Å²) >= 11 is 3.72. The molecule has 0 radical (unpaired) electrons. The molecule has 1 aliphatic heterocycles. The normalized spacial score (nSPS) is 26.7. The first kappa shape index (κ1) is 10.9. The first-order chi connectivity index (χ1) is 7.16. The van der Waals surface area contributed by atoms with E-state index in [9.17, 15) is 0 Å². The minimum Gasteiger partial charge on any atom is -0.356 e. The molecule has 0 N–H and O–H groups in total. The van der Waals surface area contributed by atoms with Crippen LogP contribution in [0.15, 0.2) is 18.3 Å². The molecule has 2 atom stereocenters. The zero-order chi connectivity index (χ0) is 10.8. The first-order valence-corrected chi connectivity index (χ1v) is 6.40. The minimum atomic E-state index is 0.666. The fourth-order valence-corrected chi connectivity index (χ4v) is 2.34. The van der Waals surface area contributed by atoms with E-state index in [1.165, 1.54) is 12.0 Å². The van der Waals surface area contributed by atoms with Gasteiger partial charge >= 0.3 is 0 Å². The maximum absolute atomic E-state index is 4.47. The highest BCUT2D eigenvalue weighted by atomic mass is 79.9. The summed E-state index contributed by atoms with van der Waals surface area (Å²) in [4.78, 5) is 7.51. The summed E-state index contributed by atoms with van der Waals surface area (Å²) in [6.07, 6.45) is 3.15. The Morgan fingerprint density at radius 3 is 2.87 bits per heavy atom. The molecular formula is C12H17BrN2. The van der Waals surface area contributed by atoms with Crippen LogP contribution in [0.2, 0.25) is 0 Å². The average Bonchev–Trinajstić information content (AvgIpc) is 2.23. The molecule has 0 spiro atoms. The third-order valence-corrected chi connectivity index (χ3v) is 4.38. The maximum atomic E-state index is 4.47. The molecule has 1 saturated heterocycles. The van der Waals surface area contributed by atoms with Gasteiger partial charge in [0, 0.05) is 24.1 Å². The van der Waals surface area contributed by atoms with E-state index in [0.717, 1.165) is 18.9 Å². The van der Waals surface area contributed by atoms with Crippen LogP contribution >= 0.6 is 15.9 Å². The van der Waals surface area contributed by atoms with Crippen LogP contribution in [0.5, 0.6) is 0 Å². The predicted molar refractivity (Wildman–Crippen MR) is 67.7 cm³/mol. The number of rotatable bonds is 1. The van der Waals surface area contributed by atoms with Crippen molar-refractivity contribution in [2.24, 2.45) is 5.92 Å². The molecule has 0 aliphatic carbocycles.